The molecule has 0 saturated carbocycles. The van der Waals surface area contributed by atoms with Gasteiger partial charge in [-0.3, -0.25) is 0 Å². The van der Waals surface area contributed by atoms with E-state index in [9.17, 15) is 0 Å². The number of para-hydroxylation sites is 1. The lowest BCUT2D eigenvalue weighted by molar-refractivity contribution is 0.578. The van der Waals surface area contributed by atoms with Gasteiger partial charge in [-0.1, -0.05) is 70.1 Å². The number of hydrogen-bond acceptors (Lipinski definition) is 2. The van der Waals surface area contributed by atoms with Gasteiger partial charge >= 0.3 is 0 Å². The van der Waals surface area contributed by atoms with Gasteiger partial charge in [0.15, 0.2) is 0 Å². The number of unbranched alkanes of at least 4 members (excludes halogenated alkanes) is 7. The molecule has 1 aromatic heterocycles. The summed E-state index contributed by atoms with van der Waals surface area (Å²) in [6.45, 7) is 3.13. The summed E-state index contributed by atoms with van der Waals surface area (Å²) in [5.74, 6) is 0.723. The van der Waals surface area contributed by atoms with Crippen LogP contribution in [0.25, 0.3) is 10.9 Å². The fourth-order valence-corrected chi connectivity index (χ4v) is 2.37. The Morgan fingerprint density at radius 2 is 1.52 bits per heavy atom. The van der Waals surface area contributed by atoms with Crippen molar-refractivity contribution < 1.29 is 0 Å². The molecule has 0 saturated heterocycles. The second kappa shape index (κ2) is 11.2. The van der Waals surface area contributed by atoms with Crippen LogP contribution in [-0.2, 0) is 0 Å². The lowest BCUT2D eigenvalue weighted by Crippen LogP contribution is -1.97. The molecule has 0 unspecified atom stereocenters. The van der Waals surface area contributed by atoms with Gasteiger partial charge in [0.25, 0.3) is 0 Å². The molecule has 2 rings (SSSR count). The quantitative estimate of drug-likeness (QED) is 0.609. The molecule has 3 heteroatoms. The Labute approximate surface area is 129 Å². The molecule has 3 nitrogen and oxygen atoms in total. The van der Waals surface area contributed by atoms with E-state index in [1.807, 2.05) is 30.3 Å². The van der Waals surface area contributed by atoms with Gasteiger partial charge in [0.05, 0.1) is 0 Å². The average molecular weight is 289 g/mol. The molecule has 0 aliphatic heterocycles. The molecule has 21 heavy (non-hydrogen) atoms. The molecule has 0 fully saturated rings. The van der Waals surface area contributed by atoms with Crippen LogP contribution in [0.2, 0.25) is 0 Å². The standard InChI is InChI=1S/C10H23N.C8H8N2/c1-2-3-4-5-6-7-8-9-10-11;9-8-5-6-3-1-2-4-7(6)10-8/h2-11H2,1H3;1-5,10H,9H2. The molecule has 0 radical (unpaired) electrons. The maximum atomic E-state index is 5.54. The van der Waals surface area contributed by atoms with Gasteiger partial charge in [0.2, 0.25) is 0 Å². The molecule has 5 N–H and O–H groups in total. The number of aromatic amines is 1. The molecular weight excluding hydrogens is 258 g/mol. The third-order valence-corrected chi connectivity index (χ3v) is 3.61. The third kappa shape index (κ3) is 7.76. The molecule has 1 aromatic carbocycles. The summed E-state index contributed by atoms with van der Waals surface area (Å²) in [5, 5.41) is 1.17. The Bertz CT molecular complexity index is 435. The van der Waals surface area contributed by atoms with Crippen molar-refractivity contribution >= 4 is 16.7 Å². The van der Waals surface area contributed by atoms with Gasteiger partial charge in [-0.05, 0) is 25.1 Å². The van der Waals surface area contributed by atoms with Crippen molar-refractivity contribution in [3.8, 4) is 0 Å². The monoisotopic (exact) mass is 289 g/mol. The molecule has 0 amide bonds. The first kappa shape index (κ1) is 17.6. The smallest absolute Gasteiger partial charge is 0.101 e. The molecule has 118 valence electrons. The van der Waals surface area contributed by atoms with Crippen LogP contribution in [0.5, 0.6) is 0 Å². The fraction of sp³-hybridized carbons (Fsp3) is 0.556. The van der Waals surface area contributed by atoms with Crippen LogP contribution in [0.4, 0.5) is 5.82 Å². The van der Waals surface area contributed by atoms with Gasteiger partial charge in [0.1, 0.15) is 5.82 Å². The van der Waals surface area contributed by atoms with E-state index in [1.165, 1.54) is 56.8 Å². The Morgan fingerprint density at radius 1 is 0.905 bits per heavy atom. The summed E-state index contributed by atoms with van der Waals surface area (Å²) in [6, 6.07) is 9.94. The van der Waals surface area contributed by atoms with Crippen molar-refractivity contribution in [2.75, 3.05) is 12.3 Å². The molecule has 0 aliphatic rings. The Hall–Kier alpha value is -1.48. The lowest BCUT2D eigenvalue weighted by Gasteiger charge is -1.99. The van der Waals surface area contributed by atoms with Crippen molar-refractivity contribution in [3.05, 3.63) is 30.3 Å². The van der Waals surface area contributed by atoms with E-state index < -0.39 is 0 Å². The second-order valence-electron chi connectivity index (χ2n) is 5.58. The maximum absolute atomic E-state index is 5.54. The number of nitrogen functional groups attached to an aromatic ring is 1. The van der Waals surface area contributed by atoms with E-state index in [4.69, 9.17) is 11.5 Å². The highest BCUT2D eigenvalue weighted by Crippen LogP contribution is 2.14. The predicted molar refractivity (Wildman–Crippen MR) is 94.4 cm³/mol. The van der Waals surface area contributed by atoms with Crippen LogP contribution < -0.4 is 11.5 Å². The summed E-state index contributed by atoms with van der Waals surface area (Å²) < 4.78 is 0. The molecule has 0 atom stereocenters. The summed E-state index contributed by atoms with van der Waals surface area (Å²) in [4.78, 5) is 3.04. The van der Waals surface area contributed by atoms with Crippen LogP contribution in [0.1, 0.15) is 58.3 Å². The molecule has 0 spiro atoms. The van der Waals surface area contributed by atoms with E-state index in [2.05, 4.69) is 11.9 Å². The number of hydrogen-bond donors (Lipinski definition) is 3. The number of rotatable bonds is 8. The van der Waals surface area contributed by atoms with Crippen LogP contribution in [0, 0.1) is 0 Å². The summed E-state index contributed by atoms with van der Waals surface area (Å²) >= 11 is 0. The molecule has 1 heterocycles. The lowest BCUT2D eigenvalue weighted by atomic mass is 10.1. The number of benzene rings is 1. The second-order valence-corrected chi connectivity index (χ2v) is 5.58. The van der Waals surface area contributed by atoms with E-state index >= 15 is 0 Å². The SMILES string of the molecule is CCCCCCCCCCN.Nc1cc2ccccc2[nH]1. The third-order valence-electron chi connectivity index (χ3n) is 3.61. The van der Waals surface area contributed by atoms with Crippen molar-refractivity contribution in [1.29, 1.82) is 0 Å². The average Bonchev–Trinajstić information content (AvgIpc) is 2.87. The number of H-pyrrole nitrogens is 1. The Balaban J connectivity index is 0.000000210. The van der Waals surface area contributed by atoms with Crippen LogP contribution in [0.15, 0.2) is 30.3 Å². The van der Waals surface area contributed by atoms with Crippen molar-refractivity contribution in [1.82, 2.24) is 4.98 Å². The van der Waals surface area contributed by atoms with Crippen LogP contribution >= 0.6 is 0 Å². The molecule has 0 bridgehead atoms. The molecule has 2 aromatic rings. The van der Waals surface area contributed by atoms with Gasteiger partial charge in [-0.2, -0.15) is 0 Å². The summed E-state index contributed by atoms with van der Waals surface area (Å²) in [7, 11) is 0. The van der Waals surface area contributed by atoms with Gasteiger partial charge in [-0.25, -0.2) is 0 Å². The largest absolute Gasteiger partial charge is 0.385 e. The molecular formula is C18H31N3. The van der Waals surface area contributed by atoms with Crippen molar-refractivity contribution in [3.63, 3.8) is 0 Å². The first-order valence-corrected chi connectivity index (χ1v) is 8.31. The van der Waals surface area contributed by atoms with Crippen molar-refractivity contribution in [2.24, 2.45) is 5.73 Å². The highest BCUT2D eigenvalue weighted by atomic mass is 14.8. The fourth-order valence-electron chi connectivity index (χ4n) is 2.37. The Morgan fingerprint density at radius 3 is 2.14 bits per heavy atom. The van der Waals surface area contributed by atoms with Gasteiger partial charge < -0.3 is 16.5 Å². The topological polar surface area (TPSA) is 67.8 Å². The Kier molecular flexibility index (Phi) is 9.38. The predicted octanol–water partition coefficient (Wildman–Crippen LogP) is 4.84. The first-order valence-electron chi connectivity index (χ1n) is 8.31. The van der Waals surface area contributed by atoms with Gasteiger partial charge in [-0.15, -0.1) is 0 Å². The van der Waals surface area contributed by atoms with Crippen molar-refractivity contribution in [2.45, 2.75) is 58.3 Å². The molecule has 0 aliphatic carbocycles. The number of aromatic nitrogens is 1. The summed E-state index contributed by atoms with van der Waals surface area (Å²) in [5.41, 5.74) is 12.0. The van der Waals surface area contributed by atoms with Gasteiger partial charge in [0, 0.05) is 10.9 Å². The zero-order valence-electron chi connectivity index (χ0n) is 13.4. The highest BCUT2D eigenvalue weighted by Gasteiger charge is 1.93. The number of anilines is 1. The minimum Gasteiger partial charge on any atom is -0.385 e. The number of nitrogens with one attached hydrogen (secondary N) is 1. The number of fused-ring (bicyclic) bond motifs is 1. The van der Waals surface area contributed by atoms with E-state index in [-0.39, 0.29) is 0 Å². The summed E-state index contributed by atoms with van der Waals surface area (Å²) in [6.07, 6.45) is 11.0. The number of nitrogens with two attached hydrogens (primary N) is 2. The van der Waals surface area contributed by atoms with E-state index in [0.717, 1.165) is 17.9 Å². The van der Waals surface area contributed by atoms with Crippen LogP contribution in [-0.4, -0.2) is 11.5 Å². The zero-order valence-corrected chi connectivity index (χ0v) is 13.4. The minimum absolute atomic E-state index is 0.723. The highest BCUT2D eigenvalue weighted by molar-refractivity contribution is 5.82. The minimum atomic E-state index is 0.723. The maximum Gasteiger partial charge on any atom is 0.101 e. The first-order chi connectivity index (χ1) is 10.3. The van der Waals surface area contributed by atoms with Crippen LogP contribution in [0.3, 0.4) is 0 Å². The normalized spacial score (nSPS) is 10.4. The van der Waals surface area contributed by atoms with E-state index in [0.29, 0.717) is 0 Å². The van der Waals surface area contributed by atoms with E-state index in [1.54, 1.807) is 0 Å². The zero-order chi connectivity index (χ0) is 15.3.